The molecule has 0 bridgehead atoms. The Kier molecular flexibility index (Phi) is 9.07. The van der Waals surface area contributed by atoms with Gasteiger partial charge in [-0.2, -0.15) is 9.40 Å². The van der Waals surface area contributed by atoms with Crippen molar-refractivity contribution < 1.29 is 27.9 Å². The maximum absolute atomic E-state index is 13.7. The number of likely N-dealkylation sites (N-methyl/N-ethyl adjacent to an activating group) is 1. The first-order valence-electron chi connectivity index (χ1n) is 13.1. The van der Waals surface area contributed by atoms with Crippen molar-refractivity contribution in [2.45, 2.75) is 37.8 Å². The molecule has 2 aromatic carbocycles. The van der Waals surface area contributed by atoms with E-state index in [9.17, 15) is 23.1 Å². The molecule has 0 radical (unpaired) electrons. The molecular weight excluding hydrogens is 570 g/mol. The Bertz CT molecular complexity index is 1540. The highest BCUT2D eigenvalue weighted by atomic mass is 35.5. The van der Waals surface area contributed by atoms with E-state index in [4.69, 9.17) is 16.3 Å². The molecule has 3 aromatic rings. The van der Waals surface area contributed by atoms with Crippen molar-refractivity contribution in [3.8, 4) is 5.75 Å². The minimum atomic E-state index is -3.90. The maximum Gasteiger partial charge on any atom is 0.274 e. The average Bonchev–Trinajstić information content (AvgIpc) is 3.28. The van der Waals surface area contributed by atoms with Gasteiger partial charge in [0.05, 0.1) is 41.0 Å². The fourth-order valence-electron chi connectivity index (χ4n) is 4.71. The highest BCUT2D eigenvalue weighted by Crippen LogP contribution is 2.35. The molecule has 1 aromatic heterocycles. The van der Waals surface area contributed by atoms with E-state index in [0.717, 1.165) is 0 Å². The summed E-state index contributed by atoms with van der Waals surface area (Å²) in [6, 6.07) is 11.8. The Morgan fingerprint density at radius 3 is 2.56 bits per heavy atom. The van der Waals surface area contributed by atoms with Crippen molar-refractivity contribution in [2.75, 3.05) is 32.1 Å². The number of amides is 2. The van der Waals surface area contributed by atoms with Gasteiger partial charge in [0.15, 0.2) is 5.75 Å². The first-order valence-corrected chi connectivity index (χ1v) is 14.9. The summed E-state index contributed by atoms with van der Waals surface area (Å²) in [5.41, 5.74) is 1.41. The number of para-hydroxylation sites is 1. The number of rotatable bonds is 8. The van der Waals surface area contributed by atoms with Crippen molar-refractivity contribution >= 4 is 39.1 Å². The van der Waals surface area contributed by atoms with E-state index in [0.29, 0.717) is 16.4 Å². The van der Waals surface area contributed by atoms with Gasteiger partial charge in [0, 0.05) is 31.6 Å². The summed E-state index contributed by atoms with van der Waals surface area (Å²) in [6.45, 7) is 5.25. The van der Waals surface area contributed by atoms with Crippen LogP contribution in [0.1, 0.15) is 40.4 Å². The summed E-state index contributed by atoms with van der Waals surface area (Å²) in [5.74, 6) is -1.06. The lowest BCUT2D eigenvalue weighted by molar-refractivity contribution is 0.0388. The van der Waals surface area contributed by atoms with Crippen LogP contribution in [0.15, 0.2) is 53.4 Å². The van der Waals surface area contributed by atoms with Crippen molar-refractivity contribution in [1.29, 1.82) is 0 Å². The van der Waals surface area contributed by atoms with E-state index in [1.54, 1.807) is 50.1 Å². The molecule has 220 valence electrons. The number of nitrogens with one attached hydrogen (secondary N) is 1. The molecule has 0 spiro atoms. The Labute approximate surface area is 244 Å². The first kappa shape index (κ1) is 30.5. The van der Waals surface area contributed by atoms with Crippen LogP contribution in [0.4, 0.5) is 5.69 Å². The van der Waals surface area contributed by atoms with Crippen LogP contribution < -0.4 is 10.1 Å². The standard InChI is InChI=1S/C28H34ClN5O6S/c1-17-14-34(19(3)16-35)28(37)22-7-6-8-23(30-27(36)24-13-18(2)31-33(24)5)26(22)40-25(17)15-32(4)41(38,39)21-11-9-20(29)10-12-21/h6-13,17,19,25,35H,14-16H2,1-5H3,(H,30,36)/t17-,19+,25+/m0/s1. The molecule has 0 aliphatic carbocycles. The molecule has 0 fully saturated rings. The Balaban J connectivity index is 1.73. The number of carbonyl (C=O) groups is 2. The number of aliphatic hydroxyl groups is 1. The number of benzene rings is 2. The molecule has 13 heteroatoms. The second kappa shape index (κ2) is 12.2. The predicted molar refractivity (Wildman–Crippen MR) is 155 cm³/mol. The van der Waals surface area contributed by atoms with Crippen molar-refractivity contribution in [1.82, 2.24) is 19.0 Å². The van der Waals surface area contributed by atoms with Crippen LogP contribution in [0, 0.1) is 12.8 Å². The van der Waals surface area contributed by atoms with Gasteiger partial charge in [-0.1, -0.05) is 24.6 Å². The monoisotopic (exact) mass is 603 g/mol. The molecule has 3 atom stereocenters. The number of aryl methyl sites for hydroxylation is 2. The number of hydrogen-bond donors (Lipinski definition) is 2. The molecule has 41 heavy (non-hydrogen) atoms. The van der Waals surface area contributed by atoms with Crippen LogP contribution in [-0.4, -0.2) is 83.2 Å². The van der Waals surface area contributed by atoms with Crippen molar-refractivity contribution in [2.24, 2.45) is 13.0 Å². The lowest BCUT2D eigenvalue weighted by atomic mass is 9.99. The number of halogens is 1. The molecule has 2 N–H and O–H groups in total. The lowest BCUT2D eigenvalue weighted by Crippen LogP contribution is -2.50. The van der Waals surface area contributed by atoms with Gasteiger partial charge in [-0.3, -0.25) is 14.3 Å². The van der Waals surface area contributed by atoms with E-state index < -0.39 is 28.1 Å². The van der Waals surface area contributed by atoms with Gasteiger partial charge in [0.1, 0.15) is 11.8 Å². The number of fused-ring (bicyclic) bond motifs is 1. The molecule has 11 nitrogen and oxygen atoms in total. The van der Waals surface area contributed by atoms with Gasteiger partial charge in [-0.05, 0) is 56.3 Å². The van der Waals surface area contributed by atoms with Crippen LogP contribution in [0.5, 0.6) is 5.75 Å². The second-order valence-electron chi connectivity index (χ2n) is 10.3. The zero-order valence-corrected chi connectivity index (χ0v) is 25.1. The van der Waals surface area contributed by atoms with Crippen LogP contribution in [0.25, 0.3) is 0 Å². The summed E-state index contributed by atoms with van der Waals surface area (Å²) in [4.78, 5) is 28.5. The van der Waals surface area contributed by atoms with E-state index in [1.807, 2.05) is 6.92 Å². The summed E-state index contributed by atoms with van der Waals surface area (Å²) < 4.78 is 35.8. The molecule has 2 amide bonds. The van der Waals surface area contributed by atoms with Gasteiger partial charge < -0.3 is 20.1 Å². The minimum absolute atomic E-state index is 0.0513. The molecular formula is C28H34ClN5O6S. The summed E-state index contributed by atoms with van der Waals surface area (Å²) >= 11 is 5.95. The fourth-order valence-corrected chi connectivity index (χ4v) is 6.02. The normalized spacial score (nSPS) is 18.3. The quantitative estimate of drug-likeness (QED) is 0.404. The van der Waals surface area contributed by atoms with E-state index in [1.165, 1.54) is 40.3 Å². The third-order valence-corrected chi connectivity index (χ3v) is 9.22. The molecule has 2 heterocycles. The largest absolute Gasteiger partial charge is 0.486 e. The zero-order chi connectivity index (χ0) is 30.1. The summed E-state index contributed by atoms with van der Waals surface area (Å²) in [7, 11) is -0.786. The Morgan fingerprint density at radius 2 is 1.95 bits per heavy atom. The zero-order valence-electron chi connectivity index (χ0n) is 23.5. The molecule has 0 unspecified atom stereocenters. The number of ether oxygens (including phenoxy) is 1. The number of aliphatic hydroxyl groups excluding tert-OH is 1. The molecule has 4 rings (SSSR count). The third kappa shape index (κ3) is 6.40. The van der Waals surface area contributed by atoms with Gasteiger partial charge >= 0.3 is 0 Å². The SMILES string of the molecule is Cc1cc(C(=O)Nc2cccc3c2O[C@H](CN(C)S(=O)(=O)c2ccc(Cl)cc2)[C@@H](C)CN([C@H](C)CO)C3=O)n(C)n1. The Hall–Kier alpha value is -3.45. The molecule has 0 saturated carbocycles. The summed E-state index contributed by atoms with van der Waals surface area (Å²) in [5, 5.41) is 17.4. The van der Waals surface area contributed by atoms with Gasteiger partial charge in [-0.25, -0.2) is 8.42 Å². The van der Waals surface area contributed by atoms with Crippen LogP contribution >= 0.6 is 11.6 Å². The van der Waals surface area contributed by atoms with Crippen LogP contribution in [0.3, 0.4) is 0 Å². The number of anilines is 1. The number of sulfonamides is 1. The average molecular weight is 604 g/mol. The van der Waals surface area contributed by atoms with Crippen molar-refractivity contribution in [3.63, 3.8) is 0 Å². The fraction of sp³-hybridized carbons (Fsp3) is 0.393. The third-order valence-electron chi connectivity index (χ3n) is 7.13. The smallest absolute Gasteiger partial charge is 0.274 e. The van der Waals surface area contributed by atoms with Gasteiger partial charge in [0.25, 0.3) is 11.8 Å². The Morgan fingerprint density at radius 1 is 1.27 bits per heavy atom. The van der Waals surface area contributed by atoms with E-state index in [-0.39, 0.29) is 53.4 Å². The number of nitrogens with zero attached hydrogens (tertiary/aromatic N) is 4. The van der Waals surface area contributed by atoms with Crippen LogP contribution in [-0.2, 0) is 17.1 Å². The summed E-state index contributed by atoms with van der Waals surface area (Å²) in [6.07, 6.45) is -0.723. The number of carbonyl (C=O) groups excluding carboxylic acids is 2. The highest BCUT2D eigenvalue weighted by Gasteiger charge is 2.36. The van der Waals surface area contributed by atoms with Crippen molar-refractivity contribution in [3.05, 3.63) is 70.5 Å². The molecule has 0 saturated heterocycles. The lowest BCUT2D eigenvalue weighted by Gasteiger charge is -2.38. The second-order valence-corrected chi connectivity index (χ2v) is 12.8. The van der Waals surface area contributed by atoms with Gasteiger partial charge in [-0.15, -0.1) is 0 Å². The van der Waals surface area contributed by atoms with E-state index >= 15 is 0 Å². The number of hydrogen-bond acceptors (Lipinski definition) is 7. The van der Waals surface area contributed by atoms with Gasteiger partial charge in [0.2, 0.25) is 10.0 Å². The predicted octanol–water partition coefficient (Wildman–Crippen LogP) is 3.18. The maximum atomic E-state index is 13.7. The highest BCUT2D eigenvalue weighted by molar-refractivity contribution is 7.89. The topological polar surface area (TPSA) is 134 Å². The first-order chi connectivity index (χ1) is 19.3. The van der Waals surface area contributed by atoms with Crippen LogP contribution in [0.2, 0.25) is 5.02 Å². The molecule has 1 aliphatic rings. The molecule has 1 aliphatic heterocycles. The van der Waals surface area contributed by atoms with E-state index in [2.05, 4.69) is 10.4 Å². The minimum Gasteiger partial charge on any atom is -0.486 e. The number of aromatic nitrogens is 2.